The molecule has 0 fully saturated rings. The van der Waals surface area contributed by atoms with Gasteiger partial charge in [0.25, 0.3) is 0 Å². The van der Waals surface area contributed by atoms with Crippen molar-refractivity contribution < 1.29 is 69.1 Å². The second kappa shape index (κ2) is 5.62. The second-order valence-corrected chi connectivity index (χ2v) is 4.16. The van der Waals surface area contributed by atoms with E-state index in [9.17, 15) is 13.0 Å². The van der Waals surface area contributed by atoms with Crippen molar-refractivity contribution in [3.05, 3.63) is 17.7 Å². The van der Waals surface area contributed by atoms with Gasteiger partial charge in [-0.25, -0.2) is 8.42 Å². The first-order valence-corrected chi connectivity index (χ1v) is 5.17. The summed E-state index contributed by atoms with van der Waals surface area (Å²) >= 11 is 0. The van der Waals surface area contributed by atoms with Crippen LogP contribution in [0.3, 0.4) is 0 Å². The topological polar surface area (TPSA) is 92.5 Å². The summed E-state index contributed by atoms with van der Waals surface area (Å²) in [5, 5.41) is 0. The zero-order valence-electron chi connectivity index (χ0n) is 8.77. The summed E-state index contributed by atoms with van der Waals surface area (Å²) in [4.78, 5) is -0.302. The Balaban J connectivity index is 0.00000196. The van der Waals surface area contributed by atoms with E-state index in [4.69, 9.17) is 10.5 Å². The van der Waals surface area contributed by atoms with E-state index in [2.05, 4.69) is 0 Å². The molecule has 1 rings (SSSR count). The molecular formula is C8H10KNO4S. The van der Waals surface area contributed by atoms with Crippen LogP contribution >= 0.6 is 0 Å². The van der Waals surface area contributed by atoms with Gasteiger partial charge in [0.05, 0.1) is 17.7 Å². The van der Waals surface area contributed by atoms with Gasteiger partial charge in [-0.15, -0.1) is 0 Å². The van der Waals surface area contributed by atoms with Crippen LogP contribution < -0.4 is 61.9 Å². The summed E-state index contributed by atoms with van der Waals surface area (Å²) < 4.78 is 37.2. The Bertz CT molecular complexity index is 458. The van der Waals surface area contributed by atoms with Gasteiger partial charge in [0.2, 0.25) is 0 Å². The molecule has 0 bridgehead atoms. The predicted molar refractivity (Wildman–Crippen MR) is 50.1 cm³/mol. The zero-order valence-corrected chi connectivity index (χ0v) is 12.7. The summed E-state index contributed by atoms with van der Waals surface area (Å²) in [6, 6.07) is 2.52. The van der Waals surface area contributed by atoms with E-state index in [1.54, 1.807) is 0 Å². The third-order valence-corrected chi connectivity index (χ3v) is 2.78. The van der Waals surface area contributed by atoms with E-state index in [0.717, 1.165) is 6.07 Å². The molecule has 1 aromatic carbocycles. The summed E-state index contributed by atoms with van der Waals surface area (Å²) in [5.41, 5.74) is 6.14. The van der Waals surface area contributed by atoms with Crippen molar-refractivity contribution in [3.63, 3.8) is 0 Å². The number of ether oxygens (including phenoxy) is 1. The van der Waals surface area contributed by atoms with Gasteiger partial charge in [-0.2, -0.15) is 0 Å². The fraction of sp³-hybridized carbons (Fsp3) is 0.250. The number of hydrogen-bond donors (Lipinski definition) is 1. The molecule has 0 aromatic heterocycles. The number of aryl methyl sites for hydroxylation is 1. The number of methoxy groups -OCH3 is 1. The monoisotopic (exact) mass is 255 g/mol. The number of benzene rings is 1. The Labute approximate surface area is 131 Å². The van der Waals surface area contributed by atoms with Crippen LogP contribution in [0.15, 0.2) is 17.0 Å². The first kappa shape index (κ1) is 15.4. The molecule has 0 radical (unpaired) electrons. The minimum atomic E-state index is -4.47. The molecule has 0 spiro atoms. The Kier molecular flexibility index (Phi) is 5.76. The van der Waals surface area contributed by atoms with Gasteiger partial charge in [-0.05, 0) is 18.6 Å². The molecule has 0 saturated carbocycles. The van der Waals surface area contributed by atoms with Crippen molar-refractivity contribution in [2.24, 2.45) is 0 Å². The number of hydrogen-bond acceptors (Lipinski definition) is 5. The normalized spacial score (nSPS) is 10.6. The maximum Gasteiger partial charge on any atom is 1.00 e. The van der Waals surface area contributed by atoms with Crippen molar-refractivity contribution in [1.29, 1.82) is 0 Å². The van der Waals surface area contributed by atoms with Crippen molar-refractivity contribution in [3.8, 4) is 5.75 Å². The number of nitrogen functional groups attached to an aromatic ring is 1. The average Bonchev–Trinajstić information content (AvgIpc) is 2.02. The third kappa shape index (κ3) is 3.70. The van der Waals surface area contributed by atoms with Gasteiger partial charge >= 0.3 is 51.4 Å². The second-order valence-electron chi connectivity index (χ2n) is 2.81. The summed E-state index contributed by atoms with van der Waals surface area (Å²) in [5.74, 6) is 0.185. The molecule has 5 nitrogen and oxygen atoms in total. The SMILES string of the molecule is COc1cc(S(=O)(=O)[O-])c(C)cc1N.[K+]. The van der Waals surface area contributed by atoms with Gasteiger partial charge in [-0.3, -0.25) is 0 Å². The maximum atomic E-state index is 10.8. The van der Waals surface area contributed by atoms with E-state index >= 15 is 0 Å². The molecule has 0 heterocycles. The molecule has 0 amide bonds. The molecule has 2 N–H and O–H groups in total. The van der Waals surface area contributed by atoms with Crippen LogP contribution in [-0.2, 0) is 10.1 Å². The quantitative estimate of drug-likeness (QED) is 0.358. The van der Waals surface area contributed by atoms with Crippen LogP contribution in [0.2, 0.25) is 0 Å². The maximum absolute atomic E-state index is 10.8. The minimum Gasteiger partial charge on any atom is -0.744 e. The van der Waals surface area contributed by atoms with Gasteiger partial charge < -0.3 is 15.0 Å². The van der Waals surface area contributed by atoms with Crippen molar-refractivity contribution in [2.45, 2.75) is 11.8 Å². The molecule has 78 valence electrons. The molecule has 0 unspecified atom stereocenters. The largest absolute Gasteiger partial charge is 1.00 e. The van der Waals surface area contributed by atoms with E-state index in [0.29, 0.717) is 11.3 Å². The van der Waals surface area contributed by atoms with E-state index in [1.807, 2.05) is 0 Å². The number of anilines is 1. The van der Waals surface area contributed by atoms with Crippen LogP contribution in [0.4, 0.5) is 5.69 Å². The Morgan fingerprint density at radius 1 is 1.40 bits per heavy atom. The summed E-state index contributed by atoms with van der Waals surface area (Å²) in [6.07, 6.45) is 0. The first-order chi connectivity index (χ1) is 6.36. The molecular weight excluding hydrogens is 245 g/mol. The predicted octanol–water partition coefficient (Wildman–Crippen LogP) is -2.51. The van der Waals surface area contributed by atoms with Gasteiger partial charge in [0, 0.05) is 6.07 Å². The molecule has 1 aromatic rings. The summed E-state index contributed by atoms with van der Waals surface area (Å²) in [7, 11) is -3.12. The number of rotatable bonds is 2. The molecule has 0 saturated heterocycles. The molecule has 0 aliphatic carbocycles. The van der Waals surface area contributed by atoms with Crippen molar-refractivity contribution >= 4 is 15.8 Å². The standard InChI is InChI=1S/C8H11NO4S.K/c1-5-3-6(9)7(13-2)4-8(5)14(10,11)12;/h3-4H,9H2,1-2H3,(H,10,11,12);/q;+1/p-1. The van der Waals surface area contributed by atoms with Crippen LogP contribution in [0.5, 0.6) is 5.75 Å². The first-order valence-electron chi connectivity index (χ1n) is 3.76. The van der Waals surface area contributed by atoms with E-state index in [-0.39, 0.29) is 62.0 Å². The molecule has 15 heavy (non-hydrogen) atoms. The average molecular weight is 255 g/mol. The van der Waals surface area contributed by atoms with Crippen LogP contribution in [0.1, 0.15) is 5.56 Å². The van der Waals surface area contributed by atoms with Crippen LogP contribution in [-0.4, -0.2) is 20.1 Å². The smallest absolute Gasteiger partial charge is 0.744 e. The Hall–Kier alpha value is 0.366. The van der Waals surface area contributed by atoms with Gasteiger partial charge in [0.1, 0.15) is 15.9 Å². The molecule has 0 aliphatic heterocycles. The van der Waals surface area contributed by atoms with Crippen LogP contribution in [0, 0.1) is 6.92 Å². The molecule has 0 aliphatic rings. The third-order valence-electron chi connectivity index (χ3n) is 1.80. The van der Waals surface area contributed by atoms with E-state index < -0.39 is 10.1 Å². The van der Waals surface area contributed by atoms with Gasteiger partial charge in [0.15, 0.2) is 0 Å². The molecule has 0 atom stereocenters. The van der Waals surface area contributed by atoms with Gasteiger partial charge in [-0.1, -0.05) is 0 Å². The minimum absolute atomic E-state index is 0. The van der Waals surface area contributed by atoms with Crippen molar-refractivity contribution in [1.82, 2.24) is 0 Å². The Morgan fingerprint density at radius 2 is 1.93 bits per heavy atom. The zero-order chi connectivity index (χ0) is 10.9. The number of nitrogens with two attached hydrogens (primary N) is 1. The fourth-order valence-electron chi connectivity index (χ4n) is 1.14. The Morgan fingerprint density at radius 3 is 2.33 bits per heavy atom. The fourth-order valence-corrected chi connectivity index (χ4v) is 1.84. The van der Waals surface area contributed by atoms with Crippen molar-refractivity contribution in [2.75, 3.05) is 12.8 Å². The van der Waals surface area contributed by atoms with E-state index in [1.165, 1.54) is 20.1 Å². The summed E-state index contributed by atoms with van der Waals surface area (Å²) in [6.45, 7) is 1.50. The van der Waals surface area contributed by atoms with Crippen LogP contribution in [0.25, 0.3) is 0 Å². The molecule has 7 heteroatoms.